The number of aliphatic hydroxyl groups is 3. The van der Waals surface area contributed by atoms with Gasteiger partial charge in [-0.2, -0.15) is 0 Å². The lowest BCUT2D eigenvalue weighted by Gasteiger charge is -2.32. The number of β-amino-alcohol motifs (C(OH)–C–C–N with tert-alkyl or cyclic N) is 1. The van der Waals surface area contributed by atoms with Crippen molar-refractivity contribution in [1.82, 2.24) is 14.8 Å². The van der Waals surface area contributed by atoms with E-state index in [1.807, 2.05) is 12.1 Å². The van der Waals surface area contributed by atoms with Crippen molar-refractivity contribution < 1.29 is 29.2 Å². The number of rotatable bonds is 3. The zero-order valence-electron chi connectivity index (χ0n) is 18.6. The van der Waals surface area contributed by atoms with Gasteiger partial charge in [0.05, 0.1) is 6.61 Å². The first-order chi connectivity index (χ1) is 15.9. The van der Waals surface area contributed by atoms with Gasteiger partial charge in [-0.1, -0.05) is 6.07 Å². The van der Waals surface area contributed by atoms with Crippen LogP contribution in [-0.2, 0) is 11.3 Å². The molecule has 3 rings (SSSR count). The monoisotopic (exact) mass is 461 g/mol. The maximum absolute atomic E-state index is 13.3. The van der Waals surface area contributed by atoms with Gasteiger partial charge in [0.15, 0.2) is 0 Å². The first-order valence-corrected chi connectivity index (χ1v) is 11.2. The van der Waals surface area contributed by atoms with Crippen LogP contribution in [0.2, 0.25) is 0 Å². The predicted octanol–water partition coefficient (Wildman–Crippen LogP) is 1.06. The van der Waals surface area contributed by atoms with Crippen LogP contribution in [0.15, 0.2) is 48.8 Å². The van der Waals surface area contributed by atoms with Crippen LogP contribution in [0.5, 0.6) is 0 Å². The van der Waals surface area contributed by atoms with E-state index in [2.05, 4.69) is 9.88 Å². The molecule has 33 heavy (non-hydrogen) atoms. The van der Waals surface area contributed by atoms with Crippen molar-refractivity contribution >= 4 is 5.91 Å². The standard InChI is InChI=1S/C24H32FN3O5/c25-20-7-5-19(6-8-20)24(32)28-12-11-27(15-18-4-3-9-26-14-18)10-1-2-13-33-17-22(30)23(31)21(29)16-28/h3-9,14,21-23,29-31H,1-2,10-13,15-17H2/t21-,22+,23+/m0/s1. The Labute approximate surface area is 193 Å². The van der Waals surface area contributed by atoms with E-state index < -0.39 is 24.1 Å². The molecule has 1 aromatic carbocycles. The molecule has 0 bridgehead atoms. The third kappa shape index (κ3) is 7.83. The summed E-state index contributed by atoms with van der Waals surface area (Å²) >= 11 is 0. The molecule has 1 aliphatic rings. The van der Waals surface area contributed by atoms with E-state index in [4.69, 9.17) is 4.74 Å². The van der Waals surface area contributed by atoms with Crippen molar-refractivity contribution in [2.75, 3.05) is 39.4 Å². The SMILES string of the molecule is O=C(c1ccc(F)cc1)N1CCN(Cc2cccnc2)CCCCOC[C@@H](O)[C@H](O)[C@@H](O)C1. The number of hydrogen-bond donors (Lipinski definition) is 3. The van der Waals surface area contributed by atoms with Crippen molar-refractivity contribution in [1.29, 1.82) is 0 Å². The summed E-state index contributed by atoms with van der Waals surface area (Å²) in [5, 5.41) is 31.0. The minimum absolute atomic E-state index is 0.108. The molecule has 0 spiro atoms. The molecule has 9 heteroatoms. The summed E-state index contributed by atoms with van der Waals surface area (Å²) in [5.41, 5.74) is 1.33. The largest absolute Gasteiger partial charge is 0.388 e. The number of amides is 1. The summed E-state index contributed by atoms with van der Waals surface area (Å²) in [6.07, 6.45) is 1.03. The highest BCUT2D eigenvalue weighted by atomic mass is 19.1. The molecule has 0 aliphatic carbocycles. The molecule has 1 fully saturated rings. The van der Waals surface area contributed by atoms with E-state index in [-0.39, 0.29) is 31.2 Å². The molecule has 3 atom stereocenters. The van der Waals surface area contributed by atoms with Gasteiger partial charge in [0.1, 0.15) is 24.1 Å². The molecule has 0 unspecified atom stereocenters. The highest BCUT2D eigenvalue weighted by Gasteiger charge is 2.29. The average Bonchev–Trinajstić information content (AvgIpc) is 2.82. The second-order valence-corrected chi connectivity index (χ2v) is 8.30. The van der Waals surface area contributed by atoms with Crippen LogP contribution in [0.4, 0.5) is 4.39 Å². The zero-order chi connectivity index (χ0) is 23.6. The van der Waals surface area contributed by atoms with Crippen LogP contribution in [0.3, 0.4) is 0 Å². The van der Waals surface area contributed by atoms with Gasteiger partial charge < -0.3 is 25.0 Å². The van der Waals surface area contributed by atoms with E-state index in [9.17, 15) is 24.5 Å². The molecule has 8 nitrogen and oxygen atoms in total. The quantitative estimate of drug-likeness (QED) is 0.628. The zero-order valence-corrected chi connectivity index (χ0v) is 18.6. The first kappa shape index (κ1) is 25.2. The first-order valence-electron chi connectivity index (χ1n) is 11.2. The molecule has 1 aliphatic heterocycles. The summed E-state index contributed by atoms with van der Waals surface area (Å²) < 4.78 is 18.8. The topological polar surface area (TPSA) is 106 Å². The molecule has 2 aromatic rings. The molecular formula is C24H32FN3O5. The Bertz CT molecular complexity index is 855. The van der Waals surface area contributed by atoms with Crippen molar-refractivity contribution in [2.24, 2.45) is 0 Å². The van der Waals surface area contributed by atoms with Gasteiger partial charge in [-0.25, -0.2) is 4.39 Å². The molecular weight excluding hydrogens is 429 g/mol. The fourth-order valence-electron chi connectivity index (χ4n) is 3.77. The molecule has 0 saturated carbocycles. The number of ether oxygens (including phenoxy) is 1. The predicted molar refractivity (Wildman–Crippen MR) is 120 cm³/mol. The normalized spacial score (nSPS) is 24.2. The van der Waals surface area contributed by atoms with Crippen LogP contribution >= 0.6 is 0 Å². The lowest BCUT2D eigenvalue weighted by molar-refractivity contribution is -0.0934. The van der Waals surface area contributed by atoms with E-state index in [1.165, 1.54) is 29.2 Å². The highest BCUT2D eigenvalue weighted by Crippen LogP contribution is 2.13. The number of aliphatic hydroxyl groups excluding tert-OH is 3. The number of carbonyl (C=O) groups is 1. The van der Waals surface area contributed by atoms with Gasteiger partial charge in [0.2, 0.25) is 0 Å². The summed E-state index contributed by atoms with van der Waals surface area (Å²) in [7, 11) is 0. The average molecular weight is 462 g/mol. The van der Waals surface area contributed by atoms with Gasteiger partial charge in [-0.05, 0) is 55.3 Å². The van der Waals surface area contributed by atoms with Crippen LogP contribution < -0.4 is 0 Å². The van der Waals surface area contributed by atoms with Gasteiger partial charge in [0.25, 0.3) is 5.91 Å². The van der Waals surface area contributed by atoms with Crippen LogP contribution in [-0.4, -0.2) is 93.7 Å². The van der Waals surface area contributed by atoms with E-state index in [0.717, 1.165) is 24.9 Å². The number of benzene rings is 1. The third-order valence-electron chi connectivity index (χ3n) is 5.69. The molecule has 1 saturated heterocycles. The van der Waals surface area contributed by atoms with Gasteiger partial charge in [-0.3, -0.25) is 14.7 Å². The van der Waals surface area contributed by atoms with Gasteiger partial charge >= 0.3 is 0 Å². The maximum atomic E-state index is 13.3. The third-order valence-corrected chi connectivity index (χ3v) is 5.69. The number of aromatic nitrogens is 1. The molecule has 0 radical (unpaired) electrons. The highest BCUT2D eigenvalue weighted by molar-refractivity contribution is 5.94. The second-order valence-electron chi connectivity index (χ2n) is 8.30. The number of hydrogen-bond acceptors (Lipinski definition) is 7. The number of carbonyl (C=O) groups excluding carboxylic acids is 1. The lowest BCUT2D eigenvalue weighted by atomic mass is 10.1. The van der Waals surface area contributed by atoms with E-state index >= 15 is 0 Å². The molecule has 1 aromatic heterocycles. The molecule has 180 valence electrons. The van der Waals surface area contributed by atoms with E-state index in [1.54, 1.807) is 12.4 Å². The molecule has 2 heterocycles. The maximum Gasteiger partial charge on any atom is 0.253 e. The summed E-state index contributed by atoms with van der Waals surface area (Å²) in [6.45, 7) is 2.37. The Hall–Kier alpha value is -2.43. The Morgan fingerprint density at radius 2 is 1.85 bits per heavy atom. The Morgan fingerprint density at radius 1 is 1.06 bits per heavy atom. The summed E-state index contributed by atoms with van der Waals surface area (Å²) in [4.78, 5) is 20.9. The van der Waals surface area contributed by atoms with Crippen molar-refractivity contribution in [2.45, 2.75) is 37.7 Å². The second kappa shape index (κ2) is 12.7. The van der Waals surface area contributed by atoms with Crippen molar-refractivity contribution in [3.05, 3.63) is 65.7 Å². The van der Waals surface area contributed by atoms with Gasteiger partial charge in [-0.15, -0.1) is 0 Å². The minimum Gasteiger partial charge on any atom is -0.388 e. The summed E-state index contributed by atoms with van der Waals surface area (Å²) in [5.74, 6) is -0.839. The number of pyridine rings is 1. The Kier molecular flexibility index (Phi) is 9.71. The van der Waals surface area contributed by atoms with Gasteiger partial charge in [0, 0.05) is 50.7 Å². The smallest absolute Gasteiger partial charge is 0.253 e. The fourth-order valence-corrected chi connectivity index (χ4v) is 3.77. The fraction of sp³-hybridized carbons (Fsp3) is 0.500. The number of nitrogens with zero attached hydrogens (tertiary/aromatic N) is 3. The molecule has 1 amide bonds. The minimum atomic E-state index is -1.47. The van der Waals surface area contributed by atoms with Crippen molar-refractivity contribution in [3.63, 3.8) is 0 Å². The van der Waals surface area contributed by atoms with Crippen LogP contribution in [0.1, 0.15) is 28.8 Å². The van der Waals surface area contributed by atoms with Crippen molar-refractivity contribution in [3.8, 4) is 0 Å². The Balaban J connectivity index is 1.78. The van der Waals surface area contributed by atoms with Crippen LogP contribution in [0.25, 0.3) is 0 Å². The summed E-state index contributed by atoms with van der Waals surface area (Å²) in [6, 6.07) is 9.06. The number of halogens is 1. The van der Waals surface area contributed by atoms with Crippen LogP contribution in [0, 0.1) is 5.82 Å². The molecule has 3 N–H and O–H groups in total. The lowest BCUT2D eigenvalue weighted by Crippen LogP contribution is -2.49. The van der Waals surface area contributed by atoms with E-state index in [0.29, 0.717) is 19.7 Å². The Morgan fingerprint density at radius 3 is 2.58 bits per heavy atom.